The average Bonchev–Trinajstić information content (AvgIpc) is 2.18. The van der Waals surface area contributed by atoms with Crippen molar-refractivity contribution in [2.75, 3.05) is 0 Å². The maximum absolute atomic E-state index is 10.2. The Bertz CT molecular complexity index is 151. The molecule has 0 aromatic heterocycles. The molecule has 0 bridgehead atoms. The molecule has 1 aliphatic carbocycles. The molecule has 84 valence electrons. The highest BCUT2D eigenvalue weighted by Crippen LogP contribution is 2.31. The van der Waals surface area contributed by atoms with Crippen molar-refractivity contribution in [3.63, 3.8) is 0 Å². The van der Waals surface area contributed by atoms with Gasteiger partial charge in [0.1, 0.15) is 20.2 Å². The maximum Gasteiger partial charge on any atom is 0.282 e. The van der Waals surface area contributed by atoms with Crippen LogP contribution in [0.5, 0.6) is 0 Å². The molecule has 0 heterocycles. The van der Waals surface area contributed by atoms with Crippen LogP contribution >= 0.6 is 0 Å². The van der Waals surface area contributed by atoms with Crippen LogP contribution in [0.25, 0.3) is 0 Å². The molecule has 0 saturated heterocycles. The fourth-order valence-corrected chi connectivity index (χ4v) is 6.36. The van der Waals surface area contributed by atoms with E-state index in [1.165, 1.54) is 19.3 Å². The van der Waals surface area contributed by atoms with Gasteiger partial charge in [-0.1, -0.05) is 19.3 Å². The van der Waals surface area contributed by atoms with E-state index in [0.717, 1.165) is 35.8 Å². The number of hydrogen-bond acceptors (Lipinski definition) is 3. The molecule has 0 atom stereocenters. The van der Waals surface area contributed by atoms with Crippen molar-refractivity contribution in [2.45, 2.75) is 50.2 Å². The van der Waals surface area contributed by atoms with Crippen molar-refractivity contribution in [3.05, 3.63) is 0 Å². The van der Waals surface area contributed by atoms with Crippen LogP contribution in [0.4, 0.5) is 0 Å². The van der Waals surface area contributed by atoms with Gasteiger partial charge in [0, 0.05) is 0 Å². The second-order valence-corrected chi connectivity index (χ2v) is 9.50. The molecule has 1 saturated carbocycles. The Morgan fingerprint density at radius 1 is 1.29 bits per heavy atom. The van der Waals surface area contributed by atoms with Crippen LogP contribution in [-0.4, -0.2) is 41.0 Å². The molecule has 0 aromatic rings. The summed E-state index contributed by atoms with van der Waals surface area (Å²) in [6, 6.07) is 1.12. The Kier molecular flexibility index (Phi) is 6.22. The highest BCUT2D eigenvalue weighted by molar-refractivity contribution is 6.41. The normalized spacial score (nSPS) is 22.9. The lowest BCUT2D eigenvalue weighted by molar-refractivity contribution is 0.000392. The smallest absolute Gasteiger partial charge is 0.282 e. The molecule has 1 aliphatic rings. The lowest BCUT2D eigenvalue weighted by Crippen LogP contribution is -2.31. The van der Waals surface area contributed by atoms with Gasteiger partial charge < -0.3 is 13.3 Å². The van der Waals surface area contributed by atoms with Crippen molar-refractivity contribution in [3.8, 4) is 0 Å². The third-order valence-corrected chi connectivity index (χ3v) is 6.32. The monoisotopic (exact) mass is 250 g/mol. The van der Waals surface area contributed by atoms with Gasteiger partial charge in [0.05, 0.1) is 5.60 Å². The van der Waals surface area contributed by atoms with Crippen LogP contribution in [0.3, 0.4) is 0 Å². The second kappa shape index (κ2) is 6.91. The van der Waals surface area contributed by atoms with E-state index in [0.29, 0.717) is 0 Å². The molecule has 0 aromatic carbocycles. The van der Waals surface area contributed by atoms with E-state index >= 15 is 0 Å². The first-order valence-electron chi connectivity index (χ1n) is 5.56. The molecule has 0 radical (unpaired) electrons. The van der Waals surface area contributed by atoms with Crippen molar-refractivity contribution >= 4 is 30.3 Å². The highest BCUT2D eigenvalue weighted by Gasteiger charge is 2.28. The van der Waals surface area contributed by atoms with E-state index in [1.807, 2.05) is 0 Å². The second-order valence-electron chi connectivity index (χ2n) is 4.20. The first kappa shape index (κ1) is 12.6. The SMILES string of the molecule is OC1(CC[SiH2]O[SiH2]O[SiH3])CCCCC1. The number of aliphatic hydroxyl groups is 1. The van der Waals surface area contributed by atoms with Crippen LogP contribution in [0.1, 0.15) is 38.5 Å². The zero-order chi connectivity index (χ0) is 10.3. The summed E-state index contributed by atoms with van der Waals surface area (Å²) in [5.41, 5.74) is -0.335. The highest BCUT2D eigenvalue weighted by atomic mass is 28.3. The summed E-state index contributed by atoms with van der Waals surface area (Å²) in [6.45, 7) is 0. The van der Waals surface area contributed by atoms with Gasteiger partial charge in [-0.2, -0.15) is 0 Å². The van der Waals surface area contributed by atoms with Crippen molar-refractivity contribution in [1.82, 2.24) is 0 Å². The van der Waals surface area contributed by atoms with Crippen LogP contribution in [-0.2, 0) is 8.23 Å². The molecule has 1 rings (SSSR count). The van der Waals surface area contributed by atoms with Crippen LogP contribution in [0.15, 0.2) is 0 Å². The van der Waals surface area contributed by atoms with E-state index in [4.69, 9.17) is 8.23 Å². The topological polar surface area (TPSA) is 38.7 Å². The first-order chi connectivity index (χ1) is 6.77. The molecule has 14 heavy (non-hydrogen) atoms. The minimum atomic E-state index is -0.604. The molecule has 0 spiro atoms. The summed E-state index contributed by atoms with van der Waals surface area (Å²) in [5.74, 6) is 0. The standard InChI is InChI=1S/C8H22O3Si3/c9-8(4-2-1-3-5-8)6-7-13-11-14-10-12/h9H,1-7,13-14H2,12H3. The molecule has 3 nitrogen and oxygen atoms in total. The van der Waals surface area contributed by atoms with E-state index in [2.05, 4.69) is 0 Å². The van der Waals surface area contributed by atoms with Gasteiger partial charge in [-0.25, -0.2) is 0 Å². The molecule has 1 fully saturated rings. The summed E-state index contributed by atoms with van der Waals surface area (Å²) in [6.07, 6.45) is 6.70. The summed E-state index contributed by atoms with van der Waals surface area (Å²) >= 11 is 0. The zero-order valence-electron chi connectivity index (χ0n) is 9.13. The molecule has 1 N–H and O–H groups in total. The zero-order valence-corrected chi connectivity index (χ0v) is 14.0. The molecule has 0 unspecified atom stereocenters. The van der Waals surface area contributed by atoms with Crippen molar-refractivity contribution < 1.29 is 13.3 Å². The van der Waals surface area contributed by atoms with Gasteiger partial charge >= 0.3 is 0 Å². The summed E-state index contributed by atoms with van der Waals surface area (Å²) < 4.78 is 10.6. The minimum absolute atomic E-state index is 0.335. The van der Waals surface area contributed by atoms with Crippen LogP contribution in [0.2, 0.25) is 6.04 Å². The summed E-state index contributed by atoms with van der Waals surface area (Å²) in [7, 11) is -0.168. The third kappa shape index (κ3) is 4.85. The molecule has 0 amide bonds. The summed E-state index contributed by atoms with van der Waals surface area (Å²) in [4.78, 5) is 0. The Hall–Kier alpha value is 0.531. The lowest BCUT2D eigenvalue weighted by atomic mass is 9.83. The van der Waals surface area contributed by atoms with Gasteiger partial charge in [0.15, 0.2) is 0 Å². The Morgan fingerprint density at radius 3 is 2.64 bits per heavy atom. The Labute approximate surface area is 94.1 Å². The lowest BCUT2D eigenvalue weighted by Gasteiger charge is -2.32. The Morgan fingerprint density at radius 2 is 2.00 bits per heavy atom. The van der Waals surface area contributed by atoms with E-state index in [-0.39, 0.29) is 15.4 Å². The van der Waals surface area contributed by atoms with Gasteiger partial charge in [-0.3, -0.25) is 0 Å². The van der Waals surface area contributed by atoms with Gasteiger partial charge in [-0.15, -0.1) is 0 Å². The van der Waals surface area contributed by atoms with Gasteiger partial charge in [-0.05, 0) is 25.3 Å². The maximum atomic E-state index is 10.2. The van der Waals surface area contributed by atoms with Crippen LogP contribution in [0, 0.1) is 0 Å². The van der Waals surface area contributed by atoms with Crippen molar-refractivity contribution in [2.24, 2.45) is 0 Å². The molecular formula is C8H22O3Si3. The van der Waals surface area contributed by atoms with Gasteiger partial charge in [0.25, 0.3) is 10.0 Å². The van der Waals surface area contributed by atoms with Crippen molar-refractivity contribution in [1.29, 1.82) is 0 Å². The average molecular weight is 251 g/mol. The predicted molar refractivity (Wildman–Crippen MR) is 66.7 cm³/mol. The van der Waals surface area contributed by atoms with E-state index < -0.39 is 10.0 Å². The molecule has 0 aliphatic heterocycles. The van der Waals surface area contributed by atoms with E-state index in [9.17, 15) is 5.11 Å². The number of rotatable bonds is 6. The van der Waals surface area contributed by atoms with E-state index in [1.54, 1.807) is 0 Å². The largest absolute Gasteiger partial charge is 0.449 e. The first-order valence-corrected chi connectivity index (χ1v) is 9.11. The summed E-state index contributed by atoms with van der Waals surface area (Å²) in [5, 5.41) is 10.2. The number of hydrogen-bond donors (Lipinski definition) is 1. The minimum Gasteiger partial charge on any atom is -0.449 e. The van der Waals surface area contributed by atoms with Gasteiger partial charge in [0.2, 0.25) is 0 Å². The molecular weight excluding hydrogens is 228 g/mol. The predicted octanol–water partition coefficient (Wildman–Crippen LogP) is -1.11. The quantitative estimate of drug-likeness (QED) is 0.480. The fraction of sp³-hybridized carbons (Fsp3) is 1.00. The molecule has 6 heteroatoms. The third-order valence-electron chi connectivity index (χ3n) is 2.92. The van der Waals surface area contributed by atoms with Crippen LogP contribution < -0.4 is 0 Å². The fourth-order valence-electron chi connectivity index (χ4n) is 2.11. The Balaban J connectivity index is 2.03.